The standard InChI is InChI=1S/C17H15Cl2FN2O3/c1-10(11-3-5-16(24-2)14(20)7-11)21-22-17(23)9-25-15-6-4-12(18)8-13(15)19/h3-8H,9H2,1-2H3,(H,22,23)/b21-10-. The molecule has 132 valence electrons. The van der Waals surface area contributed by atoms with Crippen molar-refractivity contribution in [2.45, 2.75) is 6.92 Å². The van der Waals surface area contributed by atoms with Gasteiger partial charge in [0.15, 0.2) is 18.2 Å². The Morgan fingerprint density at radius 3 is 2.56 bits per heavy atom. The number of carbonyl (C=O) groups excluding carboxylic acids is 1. The van der Waals surface area contributed by atoms with Gasteiger partial charge in [-0.1, -0.05) is 23.2 Å². The zero-order chi connectivity index (χ0) is 18.4. The second kappa shape index (κ2) is 8.69. The lowest BCUT2D eigenvalue weighted by Gasteiger charge is -2.08. The molecule has 0 saturated heterocycles. The first kappa shape index (κ1) is 19.0. The minimum Gasteiger partial charge on any atom is -0.494 e. The van der Waals surface area contributed by atoms with Crippen molar-refractivity contribution in [3.05, 3.63) is 57.8 Å². The van der Waals surface area contributed by atoms with Gasteiger partial charge in [0.2, 0.25) is 0 Å². The SMILES string of the molecule is COc1ccc(/C(C)=N\NC(=O)COc2ccc(Cl)cc2Cl)cc1F. The van der Waals surface area contributed by atoms with Crippen molar-refractivity contribution in [2.75, 3.05) is 13.7 Å². The van der Waals surface area contributed by atoms with Crippen molar-refractivity contribution < 1.29 is 18.7 Å². The Morgan fingerprint density at radius 1 is 1.20 bits per heavy atom. The Bertz CT molecular complexity index is 812. The number of carbonyl (C=O) groups is 1. The smallest absolute Gasteiger partial charge is 0.277 e. The summed E-state index contributed by atoms with van der Waals surface area (Å²) in [5.41, 5.74) is 3.28. The van der Waals surface area contributed by atoms with Gasteiger partial charge in [-0.3, -0.25) is 4.79 Å². The Labute approximate surface area is 154 Å². The summed E-state index contributed by atoms with van der Waals surface area (Å²) in [7, 11) is 1.38. The molecule has 2 rings (SSSR count). The number of methoxy groups -OCH3 is 1. The van der Waals surface area contributed by atoms with Gasteiger partial charge in [0, 0.05) is 10.6 Å². The number of hydrogen-bond donors (Lipinski definition) is 1. The number of hydrazone groups is 1. The zero-order valence-corrected chi connectivity index (χ0v) is 15.0. The van der Waals surface area contributed by atoms with E-state index in [-0.39, 0.29) is 12.4 Å². The first-order chi connectivity index (χ1) is 11.9. The molecule has 1 amide bonds. The maximum Gasteiger partial charge on any atom is 0.277 e. The molecule has 0 unspecified atom stereocenters. The van der Waals surface area contributed by atoms with Crippen LogP contribution in [0.15, 0.2) is 41.5 Å². The molecule has 0 spiro atoms. The molecular weight excluding hydrogens is 370 g/mol. The summed E-state index contributed by atoms with van der Waals surface area (Å²) in [5.74, 6) is -0.533. The Hall–Kier alpha value is -2.31. The lowest BCUT2D eigenvalue weighted by molar-refractivity contribution is -0.123. The number of rotatable bonds is 6. The van der Waals surface area contributed by atoms with E-state index in [9.17, 15) is 9.18 Å². The van der Waals surface area contributed by atoms with Gasteiger partial charge in [0.25, 0.3) is 5.91 Å². The molecule has 0 bridgehead atoms. The van der Waals surface area contributed by atoms with Gasteiger partial charge in [0.1, 0.15) is 5.75 Å². The van der Waals surface area contributed by atoms with E-state index in [1.165, 1.54) is 25.3 Å². The van der Waals surface area contributed by atoms with E-state index in [1.807, 2.05) is 0 Å². The molecule has 0 radical (unpaired) electrons. The second-order valence-corrected chi connectivity index (χ2v) is 5.79. The summed E-state index contributed by atoms with van der Waals surface area (Å²) in [6.45, 7) is 1.35. The number of ether oxygens (including phenoxy) is 2. The van der Waals surface area contributed by atoms with Crippen molar-refractivity contribution in [3.8, 4) is 11.5 Å². The molecule has 2 aromatic carbocycles. The minimum absolute atomic E-state index is 0.133. The number of nitrogens with one attached hydrogen (secondary N) is 1. The summed E-state index contributed by atoms with van der Waals surface area (Å²) in [4.78, 5) is 11.8. The van der Waals surface area contributed by atoms with Gasteiger partial charge in [0.05, 0.1) is 17.8 Å². The quantitative estimate of drug-likeness (QED) is 0.603. The highest BCUT2D eigenvalue weighted by molar-refractivity contribution is 6.35. The third-order valence-electron chi connectivity index (χ3n) is 3.17. The first-order valence-electron chi connectivity index (χ1n) is 7.15. The van der Waals surface area contributed by atoms with Crippen molar-refractivity contribution in [2.24, 2.45) is 5.10 Å². The van der Waals surface area contributed by atoms with Crippen LogP contribution < -0.4 is 14.9 Å². The highest BCUT2D eigenvalue weighted by Crippen LogP contribution is 2.27. The van der Waals surface area contributed by atoms with Crippen LogP contribution in [0, 0.1) is 5.82 Å². The third-order valence-corrected chi connectivity index (χ3v) is 3.70. The van der Waals surface area contributed by atoms with Crippen molar-refractivity contribution in [3.63, 3.8) is 0 Å². The molecule has 0 aromatic heterocycles. The molecule has 1 N–H and O–H groups in total. The van der Waals surface area contributed by atoms with Crippen LogP contribution in [-0.4, -0.2) is 25.3 Å². The fourth-order valence-electron chi connectivity index (χ4n) is 1.87. The van der Waals surface area contributed by atoms with Crippen LogP contribution in [-0.2, 0) is 4.79 Å². The van der Waals surface area contributed by atoms with Crippen LogP contribution in [0.4, 0.5) is 4.39 Å². The van der Waals surface area contributed by atoms with E-state index in [2.05, 4.69) is 10.5 Å². The Morgan fingerprint density at radius 2 is 1.92 bits per heavy atom. The Balaban J connectivity index is 1.93. The van der Waals surface area contributed by atoms with E-state index in [0.29, 0.717) is 27.1 Å². The summed E-state index contributed by atoms with van der Waals surface area (Å²) < 4.78 is 23.8. The van der Waals surface area contributed by atoms with Crippen molar-refractivity contribution >= 4 is 34.8 Å². The van der Waals surface area contributed by atoms with Crippen LogP contribution in [0.3, 0.4) is 0 Å². The molecule has 0 aliphatic carbocycles. The van der Waals surface area contributed by atoms with Crippen LogP contribution in [0.25, 0.3) is 0 Å². The van der Waals surface area contributed by atoms with Gasteiger partial charge < -0.3 is 9.47 Å². The monoisotopic (exact) mass is 384 g/mol. The molecule has 5 nitrogen and oxygen atoms in total. The van der Waals surface area contributed by atoms with Gasteiger partial charge in [-0.2, -0.15) is 5.10 Å². The first-order valence-corrected chi connectivity index (χ1v) is 7.91. The normalized spacial score (nSPS) is 11.2. The molecule has 0 fully saturated rings. The molecule has 0 heterocycles. The number of nitrogens with zero attached hydrogens (tertiary/aromatic N) is 1. The average Bonchev–Trinajstić information content (AvgIpc) is 2.58. The van der Waals surface area contributed by atoms with Gasteiger partial charge in [-0.25, -0.2) is 9.82 Å². The summed E-state index contributed by atoms with van der Waals surface area (Å²) in [6.07, 6.45) is 0. The van der Waals surface area contributed by atoms with E-state index in [4.69, 9.17) is 32.7 Å². The fraction of sp³-hybridized carbons (Fsp3) is 0.176. The fourth-order valence-corrected chi connectivity index (χ4v) is 2.33. The molecule has 25 heavy (non-hydrogen) atoms. The summed E-state index contributed by atoms with van der Waals surface area (Å²) in [6, 6.07) is 9.06. The molecule has 8 heteroatoms. The molecule has 2 aromatic rings. The van der Waals surface area contributed by atoms with Crippen LogP contribution in [0.1, 0.15) is 12.5 Å². The molecule has 0 aliphatic rings. The van der Waals surface area contributed by atoms with Crippen LogP contribution >= 0.6 is 23.2 Å². The maximum atomic E-state index is 13.7. The van der Waals surface area contributed by atoms with Gasteiger partial charge >= 0.3 is 0 Å². The van der Waals surface area contributed by atoms with E-state index >= 15 is 0 Å². The molecule has 0 saturated carbocycles. The number of amides is 1. The van der Waals surface area contributed by atoms with Gasteiger partial charge in [-0.15, -0.1) is 0 Å². The van der Waals surface area contributed by atoms with Crippen molar-refractivity contribution in [1.29, 1.82) is 0 Å². The zero-order valence-electron chi connectivity index (χ0n) is 13.5. The number of hydrogen-bond acceptors (Lipinski definition) is 4. The summed E-state index contributed by atoms with van der Waals surface area (Å²) >= 11 is 11.7. The molecule has 0 aliphatic heterocycles. The summed E-state index contributed by atoms with van der Waals surface area (Å²) in [5, 5.41) is 4.68. The predicted octanol–water partition coefficient (Wildman–Crippen LogP) is 4.06. The Kier molecular flexibility index (Phi) is 6.61. The molecular formula is C17H15Cl2FN2O3. The van der Waals surface area contributed by atoms with E-state index in [1.54, 1.807) is 25.1 Å². The van der Waals surface area contributed by atoms with Crippen molar-refractivity contribution in [1.82, 2.24) is 5.43 Å². The van der Waals surface area contributed by atoms with Gasteiger partial charge in [-0.05, 0) is 43.3 Å². The van der Waals surface area contributed by atoms with Crippen LogP contribution in [0.2, 0.25) is 10.0 Å². The predicted molar refractivity (Wildman–Crippen MR) is 95.3 cm³/mol. The minimum atomic E-state index is -0.512. The van der Waals surface area contributed by atoms with E-state index < -0.39 is 11.7 Å². The lowest BCUT2D eigenvalue weighted by atomic mass is 10.1. The topological polar surface area (TPSA) is 59.9 Å². The maximum absolute atomic E-state index is 13.7. The van der Waals surface area contributed by atoms with Crippen LogP contribution in [0.5, 0.6) is 11.5 Å². The number of halogens is 3. The third kappa shape index (κ3) is 5.34. The largest absolute Gasteiger partial charge is 0.494 e. The van der Waals surface area contributed by atoms with E-state index in [0.717, 1.165) is 0 Å². The molecule has 0 atom stereocenters. The highest BCUT2D eigenvalue weighted by atomic mass is 35.5. The second-order valence-electron chi connectivity index (χ2n) is 4.94. The average molecular weight is 385 g/mol. The number of benzene rings is 2. The highest BCUT2D eigenvalue weighted by Gasteiger charge is 2.08. The lowest BCUT2D eigenvalue weighted by Crippen LogP contribution is -2.25.